The third-order valence-electron chi connectivity index (χ3n) is 3.91. The van der Waals surface area contributed by atoms with E-state index in [1.54, 1.807) is 6.07 Å². The lowest BCUT2D eigenvalue weighted by Crippen LogP contribution is -2.41. The normalized spacial score (nSPS) is 26.2. The Morgan fingerprint density at radius 3 is 2.72 bits per heavy atom. The minimum Gasteiger partial charge on any atom is -0.368 e. The first-order chi connectivity index (χ1) is 8.49. The van der Waals surface area contributed by atoms with Crippen molar-refractivity contribution in [1.29, 1.82) is 0 Å². The van der Waals surface area contributed by atoms with E-state index in [-0.39, 0.29) is 11.9 Å². The van der Waals surface area contributed by atoms with E-state index < -0.39 is 0 Å². The van der Waals surface area contributed by atoms with Crippen LogP contribution in [0.15, 0.2) is 18.2 Å². The number of anilines is 1. The Morgan fingerprint density at radius 1 is 1.33 bits per heavy atom. The topological polar surface area (TPSA) is 29.3 Å². The predicted octanol–water partition coefficient (Wildman–Crippen LogP) is 3.47. The van der Waals surface area contributed by atoms with Gasteiger partial charge in [0, 0.05) is 24.3 Å². The van der Waals surface area contributed by atoms with Gasteiger partial charge in [-0.1, -0.05) is 6.92 Å². The molecule has 2 N–H and O–H groups in total. The van der Waals surface area contributed by atoms with E-state index in [1.807, 2.05) is 13.0 Å². The van der Waals surface area contributed by atoms with Crippen LogP contribution in [0.25, 0.3) is 0 Å². The summed E-state index contributed by atoms with van der Waals surface area (Å²) in [5.74, 6) is 0.482. The van der Waals surface area contributed by atoms with Crippen molar-refractivity contribution < 1.29 is 4.39 Å². The molecule has 2 nitrogen and oxygen atoms in total. The molecule has 3 atom stereocenters. The molecule has 2 rings (SSSR count). The predicted molar refractivity (Wildman–Crippen MR) is 74.2 cm³/mol. The van der Waals surface area contributed by atoms with Crippen LogP contribution in [0.1, 0.15) is 45.2 Å². The van der Waals surface area contributed by atoms with Crippen LogP contribution >= 0.6 is 0 Å². The van der Waals surface area contributed by atoms with Crippen molar-refractivity contribution in [1.82, 2.24) is 0 Å². The zero-order valence-electron chi connectivity index (χ0n) is 11.5. The van der Waals surface area contributed by atoms with Gasteiger partial charge in [0.25, 0.3) is 0 Å². The summed E-state index contributed by atoms with van der Waals surface area (Å²) in [6, 6.07) is 5.35. The van der Waals surface area contributed by atoms with Gasteiger partial charge in [-0.2, -0.15) is 0 Å². The highest BCUT2D eigenvalue weighted by atomic mass is 19.1. The molecule has 2 unspecified atom stereocenters. The van der Waals surface area contributed by atoms with Crippen LogP contribution in [0.2, 0.25) is 0 Å². The molecular formula is C15H23FN2. The Bertz CT molecular complexity index is 417. The van der Waals surface area contributed by atoms with Gasteiger partial charge in [0.05, 0.1) is 0 Å². The van der Waals surface area contributed by atoms with Crippen LogP contribution in [-0.2, 0) is 0 Å². The summed E-state index contributed by atoms with van der Waals surface area (Å²) in [6.45, 7) is 7.46. The number of nitrogens with zero attached hydrogens (tertiary/aromatic N) is 1. The van der Waals surface area contributed by atoms with Crippen molar-refractivity contribution in [3.63, 3.8) is 0 Å². The summed E-state index contributed by atoms with van der Waals surface area (Å²) >= 11 is 0. The average Bonchev–Trinajstić information content (AvgIpc) is 2.32. The second kappa shape index (κ2) is 5.27. The maximum atomic E-state index is 13.4. The molecule has 18 heavy (non-hydrogen) atoms. The monoisotopic (exact) mass is 250 g/mol. The first-order valence-electron chi connectivity index (χ1n) is 6.80. The number of hydrogen-bond acceptors (Lipinski definition) is 2. The number of hydrogen-bond donors (Lipinski definition) is 1. The lowest BCUT2D eigenvalue weighted by Gasteiger charge is -2.40. The van der Waals surface area contributed by atoms with Crippen LogP contribution in [-0.4, -0.2) is 12.6 Å². The van der Waals surface area contributed by atoms with Gasteiger partial charge in [-0.3, -0.25) is 0 Å². The van der Waals surface area contributed by atoms with E-state index in [1.165, 1.54) is 18.9 Å². The molecule has 0 saturated carbocycles. The van der Waals surface area contributed by atoms with Gasteiger partial charge in [0.1, 0.15) is 5.82 Å². The molecule has 0 spiro atoms. The van der Waals surface area contributed by atoms with E-state index in [2.05, 4.69) is 18.7 Å². The van der Waals surface area contributed by atoms with Crippen molar-refractivity contribution in [3.8, 4) is 0 Å². The van der Waals surface area contributed by atoms with E-state index in [0.29, 0.717) is 12.0 Å². The van der Waals surface area contributed by atoms with Crippen molar-refractivity contribution >= 4 is 5.69 Å². The van der Waals surface area contributed by atoms with Crippen molar-refractivity contribution in [3.05, 3.63) is 29.6 Å². The van der Waals surface area contributed by atoms with Gasteiger partial charge in [0.2, 0.25) is 0 Å². The Morgan fingerprint density at radius 2 is 2.06 bits per heavy atom. The highest BCUT2D eigenvalue weighted by Crippen LogP contribution is 2.32. The third-order valence-corrected chi connectivity index (χ3v) is 3.91. The fraction of sp³-hybridized carbons (Fsp3) is 0.600. The second-order valence-corrected chi connectivity index (χ2v) is 5.68. The second-order valence-electron chi connectivity index (χ2n) is 5.68. The van der Waals surface area contributed by atoms with E-state index in [9.17, 15) is 4.39 Å². The minimum absolute atomic E-state index is 0.139. The number of nitrogens with two attached hydrogens (primary N) is 1. The summed E-state index contributed by atoms with van der Waals surface area (Å²) in [5, 5.41) is 0. The summed E-state index contributed by atoms with van der Waals surface area (Å²) in [5.41, 5.74) is 7.99. The zero-order chi connectivity index (χ0) is 13.3. The molecule has 100 valence electrons. The highest BCUT2D eigenvalue weighted by Gasteiger charge is 2.25. The first kappa shape index (κ1) is 13.3. The van der Waals surface area contributed by atoms with Crippen molar-refractivity contribution in [2.24, 2.45) is 11.7 Å². The van der Waals surface area contributed by atoms with E-state index >= 15 is 0 Å². The highest BCUT2D eigenvalue weighted by molar-refractivity contribution is 5.56. The lowest BCUT2D eigenvalue weighted by atomic mass is 9.93. The van der Waals surface area contributed by atoms with Crippen LogP contribution < -0.4 is 10.6 Å². The molecule has 0 radical (unpaired) electrons. The number of rotatable bonds is 2. The lowest BCUT2D eigenvalue weighted by molar-refractivity contribution is 0.389. The van der Waals surface area contributed by atoms with Crippen LogP contribution in [0.4, 0.5) is 10.1 Å². The minimum atomic E-state index is -0.205. The maximum Gasteiger partial charge on any atom is 0.123 e. The summed E-state index contributed by atoms with van der Waals surface area (Å²) in [6.07, 6.45) is 2.46. The molecule has 1 saturated heterocycles. The van der Waals surface area contributed by atoms with Crippen LogP contribution in [0, 0.1) is 11.7 Å². The fourth-order valence-electron chi connectivity index (χ4n) is 2.78. The van der Waals surface area contributed by atoms with E-state index in [4.69, 9.17) is 5.73 Å². The zero-order valence-corrected chi connectivity index (χ0v) is 11.5. The Balaban J connectivity index is 2.36. The standard InChI is InChI=1S/C15H23FN2/c1-10-4-5-11(2)18(9-10)15-7-6-13(16)8-14(15)12(3)17/h6-8,10-12H,4-5,9,17H2,1-3H3/t10?,11?,12-/m0/s1. The summed E-state index contributed by atoms with van der Waals surface area (Å²) < 4.78 is 13.4. The van der Waals surface area contributed by atoms with Gasteiger partial charge in [0.15, 0.2) is 0 Å². The van der Waals surface area contributed by atoms with Crippen LogP contribution in [0.5, 0.6) is 0 Å². The molecule has 1 heterocycles. The quantitative estimate of drug-likeness (QED) is 0.871. The number of benzene rings is 1. The summed E-state index contributed by atoms with van der Waals surface area (Å²) in [4.78, 5) is 2.38. The van der Waals surface area contributed by atoms with Gasteiger partial charge in [-0.25, -0.2) is 4.39 Å². The molecule has 3 heteroatoms. The molecular weight excluding hydrogens is 227 g/mol. The molecule has 0 bridgehead atoms. The molecule has 1 fully saturated rings. The average molecular weight is 250 g/mol. The third kappa shape index (κ3) is 2.66. The van der Waals surface area contributed by atoms with Gasteiger partial charge in [-0.05, 0) is 56.4 Å². The molecule has 1 aromatic rings. The number of halogens is 1. The molecule has 1 aliphatic rings. The molecule has 0 aromatic heterocycles. The van der Waals surface area contributed by atoms with Gasteiger partial charge < -0.3 is 10.6 Å². The van der Waals surface area contributed by atoms with Gasteiger partial charge in [-0.15, -0.1) is 0 Å². The van der Waals surface area contributed by atoms with Crippen LogP contribution in [0.3, 0.4) is 0 Å². The SMILES string of the molecule is CC1CCC(C)N(c2ccc(F)cc2[C@H](C)N)C1. The Hall–Kier alpha value is -1.09. The molecule has 1 aromatic carbocycles. The van der Waals surface area contributed by atoms with E-state index in [0.717, 1.165) is 17.8 Å². The molecule has 0 amide bonds. The Labute approximate surface area is 109 Å². The Kier molecular flexibility index (Phi) is 3.91. The smallest absolute Gasteiger partial charge is 0.123 e. The molecule has 1 aliphatic heterocycles. The summed E-state index contributed by atoms with van der Waals surface area (Å²) in [7, 11) is 0. The molecule has 0 aliphatic carbocycles. The van der Waals surface area contributed by atoms with Crippen molar-refractivity contribution in [2.75, 3.05) is 11.4 Å². The van der Waals surface area contributed by atoms with Gasteiger partial charge >= 0.3 is 0 Å². The number of piperidine rings is 1. The first-order valence-corrected chi connectivity index (χ1v) is 6.80. The van der Waals surface area contributed by atoms with Crippen molar-refractivity contribution in [2.45, 2.75) is 45.7 Å². The largest absolute Gasteiger partial charge is 0.368 e. The fourth-order valence-corrected chi connectivity index (χ4v) is 2.78. The maximum absolute atomic E-state index is 13.4.